The molecule has 0 aliphatic heterocycles. The summed E-state index contributed by atoms with van der Waals surface area (Å²) in [6, 6.07) is 20.1. The van der Waals surface area contributed by atoms with Crippen LogP contribution < -0.4 is 4.72 Å². The maximum atomic E-state index is 13.3. The van der Waals surface area contributed by atoms with E-state index in [0.29, 0.717) is 5.56 Å². The topological polar surface area (TPSA) is 107 Å². The van der Waals surface area contributed by atoms with Gasteiger partial charge in [0, 0.05) is 18.1 Å². The summed E-state index contributed by atoms with van der Waals surface area (Å²) in [7, 11) is -4.15. The minimum absolute atomic E-state index is 0.0702. The Morgan fingerprint density at radius 3 is 1.97 bits per heavy atom. The van der Waals surface area contributed by atoms with Crippen molar-refractivity contribution in [3.63, 3.8) is 0 Å². The lowest BCUT2D eigenvalue weighted by atomic mass is 9.95. The summed E-state index contributed by atoms with van der Waals surface area (Å²) in [6.07, 6.45) is -1.28. The van der Waals surface area contributed by atoms with E-state index in [0.717, 1.165) is 5.56 Å². The van der Waals surface area contributed by atoms with Crippen LogP contribution in [0.3, 0.4) is 0 Å². The monoisotopic (exact) mass is 451 g/mol. The number of esters is 1. The second kappa shape index (κ2) is 9.57. The van der Waals surface area contributed by atoms with Crippen LogP contribution in [0.25, 0.3) is 0 Å². The zero-order chi connectivity index (χ0) is 23.3. The maximum Gasteiger partial charge on any atom is 0.303 e. The van der Waals surface area contributed by atoms with E-state index < -0.39 is 33.8 Å². The summed E-state index contributed by atoms with van der Waals surface area (Å²) < 4.78 is 32.5. The second-order valence-corrected chi connectivity index (χ2v) is 8.74. The minimum atomic E-state index is -4.15. The highest BCUT2D eigenvalue weighted by Crippen LogP contribution is 2.25. The lowest BCUT2D eigenvalue weighted by Crippen LogP contribution is -2.32. The Balaban J connectivity index is 1.95. The van der Waals surface area contributed by atoms with Crippen molar-refractivity contribution in [2.45, 2.75) is 24.8 Å². The third-order valence-electron chi connectivity index (χ3n) is 4.62. The van der Waals surface area contributed by atoms with Gasteiger partial charge in [0.25, 0.3) is 15.9 Å². The fourth-order valence-electron chi connectivity index (χ4n) is 3.06. The van der Waals surface area contributed by atoms with E-state index in [4.69, 9.17) is 4.74 Å². The Kier molecular flexibility index (Phi) is 6.85. The second-order valence-electron chi connectivity index (χ2n) is 7.06. The quantitative estimate of drug-likeness (QED) is 0.435. The molecule has 32 heavy (non-hydrogen) atoms. The average Bonchev–Trinajstić information content (AvgIpc) is 2.77. The number of sulfonamides is 1. The first kappa shape index (κ1) is 22.9. The van der Waals surface area contributed by atoms with Gasteiger partial charge in [-0.25, -0.2) is 13.1 Å². The summed E-state index contributed by atoms with van der Waals surface area (Å²) in [5.74, 6) is -2.29. The third-order valence-corrected chi connectivity index (χ3v) is 5.97. The number of aryl methyl sites for hydroxylation is 1. The van der Waals surface area contributed by atoms with Crippen molar-refractivity contribution in [2.24, 2.45) is 0 Å². The molecule has 3 aromatic rings. The average molecular weight is 452 g/mol. The Bertz CT molecular complexity index is 1250. The molecule has 0 heterocycles. The van der Waals surface area contributed by atoms with Crippen molar-refractivity contribution >= 4 is 27.7 Å². The Hall–Kier alpha value is -3.78. The minimum Gasteiger partial charge on any atom is -0.449 e. The van der Waals surface area contributed by atoms with Gasteiger partial charge in [0.1, 0.15) is 0 Å². The maximum absolute atomic E-state index is 13.3. The number of ether oxygens (including phenoxy) is 1. The van der Waals surface area contributed by atoms with E-state index in [-0.39, 0.29) is 16.0 Å². The van der Waals surface area contributed by atoms with E-state index in [1.165, 1.54) is 43.3 Å². The predicted octanol–water partition coefficient (Wildman–Crippen LogP) is 3.60. The van der Waals surface area contributed by atoms with Crippen molar-refractivity contribution in [3.8, 4) is 0 Å². The number of amides is 1. The number of ketones is 1. The zero-order valence-corrected chi connectivity index (χ0v) is 18.3. The summed E-state index contributed by atoms with van der Waals surface area (Å²) in [5, 5.41) is 0. The fraction of sp³-hybridized carbons (Fsp3) is 0.125. The van der Waals surface area contributed by atoms with Gasteiger partial charge in [-0.2, -0.15) is 0 Å². The molecule has 0 radical (unpaired) electrons. The molecule has 1 atom stereocenters. The molecular formula is C24H21NO6S. The molecule has 1 unspecified atom stereocenters. The first-order chi connectivity index (χ1) is 15.2. The van der Waals surface area contributed by atoms with Crippen LogP contribution in [-0.4, -0.2) is 26.1 Å². The van der Waals surface area contributed by atoms with E-state index in [9.17, 15) is 22.8 Å². The number of Topliss-reactive ketones (excluding diaryl/α,β-unsaturated/α-hetero) is 1. The summed E-state index contributed by atoms with van der Waals surface area (Å²) in [5.41, 5.74) is 1.07. The molecule has 0 spiro atoms. The number of rotatable bonds is 7. The van der Waals surface area contributed by atoms with Gasteiger partial charge < -0.3 is 4.74 Å². The smallest absolute Gasteiger partial charge is 0.303 e. The SMILES string of the molecule is CC(=O)OC(C(=O)c1ccccc1C(=O)NS(=O)(=O)c1ccc(C)cc1)c1ccccc1. The van der Waals surface area contributed by atoms with Gasteiger partial charge in [-0.05, 0) is 25.1 Å². The van der Waals surface area contributed by atoms with Crippen LogP contribution in [0.1, 0.15) is 44.9 Å². The van der Waals surface area contributed by atoms with Crippen molar-refractivity contribution in [1.29, 1.82) is 0 Å². The third kappa shape index (κ3) is 5.28. The summed E-state index contributed by atoms with van der Waals surface area (Å²) in [4.78, 5) is 37.7. The van der Waals surface area contributed by atoms with Crippen molar-refractivity contribution in [2.75, 3.05) is 0 Å². The van der Waals surface area contributed by atoms with Gasteiger partial charge in [0.15, 0.2) is 6.10 Å². The van der Waals surface area contributed by atoms with Crippen LogP contribution in [-0.2, 0) is 19.6 Å². The van der Waals surface area contributed by atoms with E-state index in [2.05, 4.69) is 0 Å². The number of hydrogen-bond acceptors (Lipinski definition) is 6. The number of benzene rings is 3. The van der Waals surface area contributed by atoms with Gasteiger partial charge in [0.05, 0.1) is 10.5 Å². The van der Waals surface area contributed by atoms with Gasteiger partial charge in [-0.1, -0.05) is 66.2 Å². The van der Waals surface area contributed by atoms with Crippen LogP contribution >= 0.6 is 0 Å². The number of hydrogen-bond donors (Lipinski definition) is 1. The largest absolute Gasteiger partial charge is 0.449 e. The van der Waals surface area contributed by atoms with Crippen LogP contribution in [0, 0.1) is 6.92 Å². The fourth-order valence-corrected chi connectivity index (χ4v) is 4.02. The van der Waals surface area contributed by atoms with E-state index in [1.54, 1.807) is 42.5 Å². The van der Waals surface area contributed by atoms with Crippen molar-refractivity contribution in [3.05, 3.63) is 101 Å². The Morgan fingerprint density at radius 1 is 0.812 bits per heavy atom. The molecule has 0 saturated carbocycles. The van der Waals surface area contributed by atoms with Crippen LogP contribution in [0.4, 0.5) is 0 Å². The molecule has 0 bridgehead atoms. The lowest BCUT2D eigenvalue weighted by Gasteiger charge is -2.18. The molecule has 3 rings (SSSR count). The highest BCUT2D eigenvalue weighted by molar-refractivity contribution is 7.90. The van der Waals surface area contributed by atoms with Crippen molar-refractivity contribution < 1.29 is 27.5 Å². The van der Waals surface area contributed by atoms with Crippen LogP contribution in [0.15, 0.2) is 83.8 Å². The molecule has 0 saturated heterocycles. The molecule has 7 nitrogen and oxygen atoms in total. The molecular weight excluding hydrogens is 430 g/mol. The first-order valence-electron chi connectivity index (χ1n) is 9.68. The molecule has 8 heteroatoms. The molecule has 1 N–H and O–H groups in total. The normalized spacial score (nSPS) is 11.9. The van der Waals surface area contributed by atoms with Gasteiger partial charge in [-0.3, -0.25) is 14.4 Å². The molecule has 0 aliphatic rings. The Labute approximate surface area is 186 Å². The number of carbonyl (C=O) groups excluding carboxylic acids is 3. The highest BCUT2D eigenvalue weighted by atomic mass is 32.2. The van der Waals surface area contributed by atoms with Crippen LogP contribution in [0.2, 0.25) is 0 Å². The van der Waals surface area contributed by atoms with Gasteiger partial charge in [-0.15, -0.1) is 0 Å². The van der Waals surface area contributed by atoms with Crippen molar-refractivity contribution in [1.82, 2.24) is 4.72 Å². The predicted molar refractivity (Wildman–Crippen MR) is 118 cm³/mol. The molecule has 1 amide bonds. The standard InChI is InChI=1S/C24H21NO6S/c1-16-12-14-19(15-13-16)32(29,30)25-24(28)21-11-7-6-10-20(21)22(27)23(31-17(2)26)18-8-4-3-5-9-18/h3-15,23H,1-2H3,(H,25,28). The van der Waals surface area contributed by atoms with Crippen LogP contribution in [0.5, 0.6) is 0 Å². The first-order valence-corrected chi connectivity index (χ1v) is 11.2. The van der Waals surface area contributed by atoms with Gasteiger partial charge >= 0.3 is 5.97 Å². The molecule has 0 aromatic heterocycles. The molecule has 0 aliphatic carbocycles. The number of nitrogens with one attached hydrogen (secondary N) is 1. The molecule has 0 fully saturated rings. The Morgan fingerprint density at radius 2 is 1.38 bits per heavy atom. The van der Waals surface area contributed by atoms with E-state index >= 15 is 0 Å². The van der Waals surface area contributed by atoms with E-state index in [1.807, 2.05) is 11.6 Å². The number of carbonyl (C=O) groups is 3. The summed E-state index contributed by atoms with van der Waals surface area (Å²) in [6.45, 7) is 2.99. The summed E-state index contributed by atoms with van der Waals surface area (Å²) >= 11 is 0. The van der Waals surface area contributed by atoms with Gasteiger partial charge in [0.2, 0.25) is 5.78 Å². The zero-order valence-electron chi connectivity index (χ0n) is 17.4. The highest BCUT2D eigenvalue weighted by Gasteiger charge is 2.29. The molecule has 3 aromatic carbocycles. The lowest BCUT2D eigenvalue weighted by molar-refractivity contribution is -0.144. The molecule has 164 valence electrons.